The third-order valence-electron chi connectivity index (χ3n) is 3.50. The van der Waals surface area contributed by atoms with E-state index in [0.29, 0.717) is 0 Å². The zero-order valence-electron chi connectivity index (χ0n) is 13.7. The second kappa shape index (κ2) is 8.08. The van der Waals surface area contributed by atoms with E-state index in [9.17, 15) is 13.2 Å². The quantitative estimate of drug-likeness (QED) is 0.804. The van der Waals surface area contributed by atoms with Gasteiger partial charge in [0, 0.05) is 10.0 Å². The van der Waals surface area contributed by atoms with Crippen LogP contribution in [0.2, 0.25) is 10.0 Å². The van der Waals surface area contributed by atoms with Gasteiger partial charge in [-0.05, 0) is 30.7 Å². The molecule has 2 aromatic carbocycles. The van der Waals surface area contributed by atoms with Crippen LogP contribution in [-0.4, -0.2) is 27.1 Å². The van der Waals surface area contributed by atoms with Crippen LogP contribution in [0.4, 0.5) is 5.69 Å². The number of carbonyl (C=O) groups is 1. The predicted octanol–water partition coefficient (Wildman–Crippen LogP) is 3.64. The number of carbonyl (C=O) groups excluding carboxylic acids is 1. The van der Waals surface area contributed by atoms with Crippen molar-refractivity contribution in [3.05, 3.63) is 64.1 Å². The molecule has 0 saturated carbocycles. The molecule has 1 N–H and O–H groups in total. The SMILES string of the molecule is C[C@H](NC(=O)CN(c1cc(Cl)cc(Cl)c1)S(C)(=O)=O)c1ccccc1. The largest absolute Gasteiger partial charge is 0.348 e. The molecular formula is C17H18Cl2N2O3S. The van der Waals surface area contributed by atoms with Gasteiger partial charge in [-0.3, -0.25) is 9.10 Å². The molecule has 134 valence electrons. The van der Waals surface area contributed by atoms with Gasteiger partial charge < -0.3 is 5.32 Å². The Morgan fingerprint density at radius 2 is 1.68 bits per heavy atom. The van der Waals surface area contributed by atoms with Gasteiger partial charge in [0.1, 0.15) is 6.54 Å². The second-order valence-corrected chi connectivity index (χ2v) is 8.38. The summed E-state index contributed by atoms with van der Waals surface area (Å²) < 4.78 is 25.2. The standard InChI is InChI=1S/C17H18Cl2N2O3S/c1-12(13-6-4-3-5-7-13)20-17(22)11-21(25(2,23)24)16-9-14(18)8-15(19)10-16/h3-10,12H,11H2,1-2H3,(H,20,22)/t12-/m0/s1. The molecule has 2 rings (SSSR count). The lowest BCUT2D eigenvalue weighted by Gasteiger charge is -2.23. The molecule has 2 aromatic rings. The van der Waals surface area contributed by atoms with E-state index in [1.54, 1.807) is 0 Å². The van der Waals surface area contributed by atoms with Gasteiger partial charge in [0.25, 0.3) is 0 Å². The van der Waals surface area contributed by atoms with Crippen molar-refractivity contribution in [1.82, 2.24) is 5.32 Å². The minimum absolute atomic E-state index is 0.238. The highest BCUT2D eigenvalue weighted by atomic mass is 35.5. The number of anilines is 1. The zero-order valence-corrected chi connectivity index (χ0v) is 16.1. The lowest BCUT2D eigenvalue weighted by Crippen LogP contribution is -2.41. The molecule has 0 bridgehead atoms. The molecule has 0 spiro atoms. The Labute approximate surface area is 157 Å². The van der Waals surface area contributed by atoms with Crippen molar-refractivity contribution in [3.8, 4) is 0 Å². The number of amides is 1. The summed E-state index contributed by atoms with van der Waals surface area (Å²) in [6.07, 6.45) is 1.02. The van der Waals surface area contributed by atoms with Gasteiger partial charge in [-0.25, -0.2) is 8.42 Å². The van der Waals surface area contributed by atoms with Crippen LogP contribution >= 0.6 is 23.2 Å². The average Bonchev–Trinajstić information content (AvgIpc) is 2.51. The van der Waals surface area contributed by atoms with Gasteiger partial charge >= 0.3 is 0 Å². The molecule has 0 aromatic heterocycles. The van der Waals surface area contributed by atoms with Crippen LogP contribution in [0.15, 0.2) is 48.5 Å². The maximum absolute atomic E-state index is 12.3. The fraction of sp³-hybridized carbons (Fsp3) is 0.235. The monoisotopic (exact) mass is 400 g/mol. The lowest BCUT2D eigenvalue weighted by molar-refractivity contribution is -0.120. The first-order valence-corrected chi connectivity index (χ1v) is 10.1. The van der Waals surface area contributed by atoms with Crippen LogP contribution in [0.3, 0.4) is 0 Å². The van der Waals surface area contributed by atoms with E-state index in [1.807, 2.05) is 37.3 Å². The Morgan fingerprint density at radius 3 is 2.20 bits per heavy atom. The lowest BCUT2D eigenvalue weighted by atomic mass is 10.1. The van der Waals surface area contributed by atoms with Crippen LogP contribution < -0.4 is 9.62 Å². The van der Waals surface area contributed by atoms with Crippen molar-refractivity contribution in [3.63, 3.8) is 0 Å². The number of nitrogens with one attached hydrogen (secondary N) is 1. The molecule has 1 atom stereocenters. The molecule has 0 aliphatic rings. The van der Waals surface area contributed by atoms with Crippen molar-refractivity contribution in [1.29, 1.82) is 0 Å². The number of hydrogen-bond donors (Lipinski definition) is 1. The molecule has 0 radical (unpaired) electrons. The predicted molar refractivity (Wildman–Crippen MR) is 102 cm³/mol. The van der Waals surface area contributed by atoms with E-state index >= 15 is 0 Å². The minimum Gasteiger partial charge on any atom is -0.348 e. The van der Waals surface area contributed by atoms with E-state index in [0.717, 1.165) is 16.1 Å². The van der Waals surface area contributed by atoms with Crippen LogP contribution in [0.5, 0.6) is 0 Å². The first-order chi connectivity index (χ1) is 11.7. The number of nitrogens with zero attached hydrogens (tertiary/aromatic N) is 1. The molecular weight excluding hydrogens is 383 g/mol. The van der Waals surface area contributed by atoms with Gasteiger partial charge in [-0.2, -0.15) is 0 Å². The number of hydrogen-bond acceptors (Lipinski definition) is 3. The third-order valence-corrected chi connectivity index (χ3v) is 5.08. The molecule has 5 nitrogen and oxygen atoms in total. The summed E-state index contributed by atoms with van der Waals surface area (Å²) in [5, 5.41) is 3.36. The van der Waals surface area contributed by atoms with Gasteiger partial charge in [-0.15, -0.1) is 0 Å². The summed E-state index contributed by atoms with van der Waals surface area (Å²) in [6.45, 7) is 1.46. The summed E-state index contributed by atoms with van der Waals surface area (Å²) in [4.78, 5) is 12.3. The van der Waals surface area contributed by atoms with Gasteiger partial charge in [0.15, 0.2) is 0 Å². The summed E-state index contributed by atoms with van der Waals surface area (Å²) >= 11 is 11.9. The van der Waals surface area contributed by atoms with Gasteiger partial charge in [0.2, 0.25) is 15.9 Å². The van der Waals surface area contributed by atoms with Crippen LogP contribution in [0.1, 0.15) is 18.5 Å². The summed E-state index contributed by atoms with van der Waals surface area (Å²) in [6, 6.07) is 13.5. The molecule has 0 heterocycles. The third kappa shape index (κ3) is 5.63. The molecule has 0 unspecified atom stereocenters. The Kier molecular flexibility index (Phi) is 6.32. The zero-order chi connectivity index (χ0) is 18.6. The van der Waals surface area contributed by atoms with Crippen molar-refractivity contribution >= 4 is 44.8 Å². The maximum atomic E-state index is 12.3. The summed E-state index contributed by atoms with van der Waals surface area (Å²) in [5.41, 5.74) is 1.16. The van der Waals surface area contributed by atoms with Crippen LogP contribution in [0.25, 0.3) is 0 Å². The number of sulfonamides is 1. The van der Waals surface area contributed by atoms with Crippen LogP contribution in [-0.2, 0) is 14.8 Å². The average molecular weight is 401 g/mol. The Balaban J connectivity index is 2.19. The maximum Gasteiger partial charge on any atom is 0.241 e. The van der Waals surface area contributed by atoms with Crippen molar-refractivity contribution < 1.29 is 13.2 Å². The highest BCUT2D eigenvalue weighted by Gasteiger charge is 2.22. The van der Waals surface area contributed by atoms with E-state index in [4.69, 9.17) is 23.2 Å². The fourth-order valence-electron chi connectivity index (χ4n) is 2.33. The highest BCUT2D eigenvalue weighted by Crippen LogP contribution is 2.27. The Hall–Kier alpha value is -1.76. The molecule has 0 aliphatic heterocycles. The molecule has 0 fully saturated rings. The first kappa shape index (κ1) is 19.6. The van der Waals surface area contributed by atoms with E-state index < -0.39 is 15.9 Å². The molecule has 0 saturated heterocycles. The fourth-order valence-corrected chi connectivity index (χ4v) is 3.68. The highest BCUT2D eigenvalue weighted by molar-refractivity contribution is 7.92. The smallest absolute Gasteiger partial charge is 0.241 e. The topological polar surface area (TPSA) is 66.5 Å². The molecule has 0 aliphatic carbocycles. The van der Waals surface area contributed by atoms with E-state index in [-0.39, 0.29) is 28.3 Å². The first-order valence-electron chi connectivity index (χ1n) is 7.45. The van der Waals surface area contributed by atoms with Gasteiger partial charge in [0.05, 0.1) is 18.0 Å². The Bertz CT molecular complexity index is 837. The Morgan fingerprint density at radius 1 is 1.12 bits per heavy atom. The molecule has 25 heavy (non-hydrogen) atoms. The molecule has 1 amide bonds. The normalized spacial score (nSPS) is 12.5. The number of rotatable bonds is 6. The molecule has 8 heteroatoms. The number of halogens is 2. The second-order valence-electron chi connectivity index (χ2n) is 5.60. The van der Waals surface area contributed by atoms with Crippen molar-refractivity contribution in [2.45, 2.75) is 13.0 Å². The number of benzene rings is 2. The summed E-state index contributed by atoms with van der Waals surface area (Å²) in [7, 11) is -3.69. The van der Waals surface area contributed by atoms with Crippen molar-refractivity contribution in [2.24, 2.45) is 0 Å². The van der Waals surface area contributed by atoms with Crippen molar-refractivity contribution in [2.75, 3.05) is 17.1 Å². The minimum atomic E-state index is -3.69. The summed E-state index contributed by atoms with van der Waals surface area (Å²) in [5.74, 6) is -0.433. The van der Waals surface area contributed by atoms with E-state index in [2.05, 4.69) is 5.32 Å². The van der Waals surface area contributed by atoms with Gasteiger partial charge in [-0.1, -0.05) is 53.5 Å². The van der Waals surface area contributed by atoms with E-state index in [1.165, 1.54) is 18.2 Å². The van der Waals surface area contributed by atoms with Crippen LogP contribution in [0, 0.1) is 0 Å².